The fourth-order valence-electron chi connectivity index (χ4n) is 3.65. The van der Waals surface area contributed by atoms with Gasteiger partial charge in [0.25, 0.3) is 5.91 Å². The first-order valence-electron chi connectivity index (χ1n) is 11.0. The Morgan fingerprint density at radius 1 is 1.09 bits per heavy atom. The monoisotopic (exact) mass is 432 g/mol. The van der Waals surface area contributed by atoms with Gasteiger partial charge in [-0.2, -0.15) is 0 Å². The van der Waals surface area contributed by atoms with Crippen LogP contribution < -0.4 is 10.1 Å². The maximum absolute atomic E-state index is 12.2. The molecule has 2 aromatic heterocycles. The summed E-state index contributed by atoms with van der Waals surface area (Å²) in [6, 6.07) is 15.2. The van der Waals surface area contributed by atoms with Crippen LogP contribution in [0, 0.1) is 0 Å². The Balaban J connectivity index is 1.18. The minimum atomic E-state index is -0.284. The number of amides is 1. The van der Waals surface area contributed by atoms with Crippen molar-refractivity contribution in [3.05, 3.63) is 78.1 Å². The van der Waals surface area contributed by atoms with Gasteiger partial charge in [-0.15, -0.1) is 0 Å². The van der Waals surface area contributed by atoms with E-state index in [1.807, 2.05) is 54.6 Å². The van der Waals surface area contributed by atoms with Crippen LogP contribution in [0.15, 0.2) is 71.4 Å². The Bertz CT molecular complexity index is 1030. The molecule has 1 saturated heterocycles. The summed E-state index contributed by atoms with van der Waals surface area (Å²) in [7, 11) is 0. The molecule has 1 aliphatic rings. The Morgan fingerprint density at radius 2 is 1.94 bits per heavy atom. The van der Waals surface area contributed by atoms with Crippen molar-refractivity contribution in [3.8, 4) is 17.2 Å². The molecule has 4 rings (SSSR count). The number of pyridine rings is 1. The van der Waals surface area contributed by atoms with Crippen LogP contribution >= 0.6 is 0 Å². The van der Waals surface area contributed by atoms with Crippen molar-refractivity contribution >= 4 is 5.91 Å². The summed E-state index contributed by atoms with van der Waals surface area (Å²) in [5, 5.41) is 6.64. The van der Waals surface area contributed by atoms with Crippen molar-refractivity contribution in [2.75, 3.05) is 26.2 Å². The summed E-state index contributed by atoms with van der Waals surface area (Å²) in [5.41, 5.74) is 2.35. The van der Waals surface area contributed by atoms with Gasteiger partial charge in [-0.05, 0) is 43.6 Å². The van der Waals surface area contributed by atoms with E-state index in [0.29, 0.717) is 24.8 Å². The number of ether oxygens (including phenoxy) is 1. The van der Waals surface area contributed by atoms with Gasteiger partial charge in [0.15, 0.2) is 11.5 Å². The molecule has 0 saturated carbocycles. The molecule has 0 aliphatic carbocycles. The van der Waals surface area contributed by atoms with E-state index >= 15 is 0 Å². The van der Waals surface area contributed by atoms with E-state index in [9.17, 15) is 4.79 Å². The van der Waals surface area contributed by atoms with Crippen LogP contribution in [0.2, 0.25) is 0 Å². The van der Waals surface area contributed by atoms with E-state index in [2.05, 4.69) is 20.4 Å². The molecule has 166 valence electrons. The summed E-state index contributed by atoms with van der Waals surface area (Å²) >= 11 is 0. The van der Waals surface area contributed by atoms with Crippen LogP contribution in [0.3, 0.4) is 0 Å². The zero-order valence-corrected chi connectivity index (χ0v) is 18.1. The summed E-state index contributed by atoms with van der Waals surface area (Å²) in [6.07, 6.45) is 9.38. The lowest BCUT2D eigenvalue weighted by Crippen LogP contribution is -2.29. The minimum absolute atomic E-state index is 0.253. The van der Waals surface area contributed by atoms with E-state index in [4.69, 9.17) is 9.26 Å². The van der Waals surface area contributed by atoms with Gasteiger partial charge < -0.3 is 14.6 Å². The van der Waals surface area contributed by atoms with Crippen LogP contribution in [0.1, 0.15) is 35.3 Å². The highest BCUT2D eigenvalue weighted by Crippen LogP contribution is 2.19. The maximum Gasteiger partial charge on any atom is 0.273 e. The van der Waals surface area contributed by atoms with Crippen LogP contribution in [0.4, 0.5) is 0 Å². The van der Waals surface area contributed by atoms with E-state index < -0.39 is 0 Å². The Labute approximate surface area is 188 Å². The molecule has 0 atom stereocenters. The Morgan fingerprint density at radius 3 is 2.78 bits per heavy atom. The fourth-order valence-corrected chi connectivity index (χ4v) is 3.65. The number of likely N-dealkylation sites (tertiary alicyclic amines) is 1. The molecule has 0 unspecified atom stereocenters. The lowest BCUT2D eigenvalue weighted by molar-refractivity contribution is 0.0949. The van der Waals surface area contributed by atoms with Gasteiger partial charge in [-0.25, -0.2) is 4.98 Å². The number of carbonyl (C=O) groups is 1. The highest BCUT2D eigenvalue weighted by molar-refractivity contribution is 5.93. The number of nitrogens with zero attached hydrogens (tertiary/aromatic N) is 3. The molecule has 1 aliphatic heterocycles. The average Bonchev–Trinajstić information content (AvgIpc) is 3.33. The van der Waals surface area contributed by atoms with Crippen LogP contribution in [-0.4, -0.2) is 47.2 Å². The van der Waals surface area contributed by atoms with E-state index in [1.165, 1.54) is 24.8 Å². The van der Waals surface area contributed by atoms with E-state index in [0.717, 1.165) is 25.2 Å². The standard InChI is InChI=1S/C25H28N4O3/c30-25(22-18-23(32-28-22)21-9-3-1-4-10-21)27-12-5-8-16-31-24-17-20(11-13-26-24)19-29-14-6-2-7-15-29/h1,3-5,8-11,13,17-18H,2,6-7,12,14-16,19H2,(H,27,30)/b8-5-. The highest BCUT2D eigenvalue weighted by Gasteiger charge is 2.13. The quantitative estimate of drug-likeness (QED) is 0.513. The van der Waals surface area contributed by atoms with Crippen molar-refractivity contribution in [2.24, 2.45) is 0 Å². The molecular weight excluding hydrogens is 404 g/mol. The minimum Gasteiger partial charge on any atom is -0.473 e. The van der Waals surface area contributed by atoms with Crippen LogP contribution in [0.5, 0.6) is 5.88 Å². The number of hydrogen-bond acceptors (Lipinski definition) is 6. The van der Waals surface area contributed by atoms with Crippen molar-refractivity contribution < 1.29 is 14.1 Å². The predicted octanol–water partition coefficient (Wildman–Crippen LogP) is 4.09. The summed E-state index contributed by atoms with van der Waals surface area (Å²) in [4.78, 5) is 19.0. The number of piperidine rings is 1. The molecule has 7 heteroatoms. The van der Waals surface area contributed by atoms with Gasteiger partial charge in [0.2, 0.25) is 5.88 Å². The van der Waals surface area contributed by atoms with Crippen molar-refractivity contribution in [3.63, 3.8) is 0 Å². The molecule has 0 radical (unpaired) electrons. The normalized spacial score (nSPS) is 14.5. The molecule has 0 bridgehead atoms. The molecule has 1 N–H and O–H groups in total. The first-order valence-corrected chi connectivity index (χ1v) is 11.0. The number of hydrogen-bond donors (Lipinski definition) is 1. The SMILES string of the molecule is O=C(NC/C=C\COc1cc(CN2CCCCC2)ccn1)c1cc(-c2ccccc2)on1. The smallest absolute Gasteiger partial charge is 0.273 e. The molecule has 1 amide bonds. The third-order valence-corrected chi connectivity index (χ3v) is 5.33. The van der Waals surface area contributed by atoms with Gasteiger partial charge in [0.1, 0.15) is 6.61 Å². The molecular formula is C25H28N4O3. The first-order chi connectivity index (χ1) is 15.8. The second-order valence-electron chi connectivity index (χ2n) is 7.77. The fraction of sp³-hybridized carbons (Fsp3) is 0.320. The number of nitrogens with one attached hydrogen (secondary N) is 1. The summed E-state index contributed by atoms with van der Waals surface area (Å²) in [6.45, 7) is 4.02. The third kappa shape index (κ3) is 6.28. The lowest BCUT2D eigenvalue weighted by Gasteiger charge is -2.26. The number of carbonyl (C=O) groups excluding carboxylic acids is 1. The van der Waals surface area contributed by atoms with Crippen LogP contribution in [-0.2, 0) is 6.54 Å². The molecule has 32 heavy (non-hydrogen) atoms. The summed E-state index contributed by atoms with van der Waals surface area (Å²) < 4.78 is 11.0. The van der Waals surface area contributed by atoms with Gasteiger partial charge in [0, 0.05) is 37.0 Å². The number of benzene rings is 1. The predicted molar refractivity (Wildman–Crippen MR) is 122 cm³/mol. The molecule has 0 spiro atoms. The maximum atomic E-state index is 12.2. The van der Waals surface area contributed by atoms with Crippen LogP contribution in [0.25, 0.3) is 11.3 Å². The summed E-state index contributed by atoms with van der Waals surface area (Å²) in [5.74, 6) is 0.896. The molecule has 1 fully saturated rings. The van der Waals surface area contributed by atoms with Crippen molar-refractivity contribution in [1.82, 2.24) is 20.4 Å². The molecule has 1 aromatic carbocycles. The van der Waals surface area contributed by atoms with Gasteiger partial charge in [-0.3, -0.25) is 9.69 Å². The van der Waals surface area contributed by atoms with E-state index in [-0.39, 0.29) is 11.6 Å². The molecule has 7 nitrogen and oxygen atoms in total. The largest absolute Gasteiger partial charge is 0.473 e. The third-order valence-electron chi connectivity index (χ3n) is 5.33. The van der Waals surface area contributed by atoms with Gasteiger partial charge in [0.05, 0.1) is 0 Å². The zero-order chi connectivity index (χ0) is 22.0. The second-order valence-corrected chi connectivity index (χ2v) is 7.77. The van der Waals surface area contributed by atoms with Gasteiger partial charge in [-0.1, -0.05) is 48.0 Å². The number of rotatable bonds is 9. The Hall–Kier alpha value is -3.45. The highest BCUT2D eigenvalue weighted by atomic mass is 16.5. The lowest BCUT2D eigenvalue weighted by atomic mass is 10.1. The zero-order valence-electron chi connectivity index (χ0n) is 18.1. The van der Waals surface area contributed by atoms with Crippen molar-refractivity contribution in [2.45, 2.75) is 25.8 Å². The molecule has 3 aromatic rings. The Kier molecular flexibility index (Phi) is 7.65. The second kappa shape index (κ2) is 11.2. The first kappa shape index (κ1) is 21.8. The topological polar surface area (TPSA) is 80.5 Å². The number of aromatic nitrogens is 2. The van der Waals surface area contributed by atoms with E-state index in [1.54, 1.807) is 12.3 Å². The molecule has 3 heterocycles. The van der Waals surface area contributed by atoms with Gasteiger partial charge >= 0.3 is 0 Å². The van der Waals surface area contributed by atoms with Crippen molar-refractivity contribution in [1.29, 1.82) is 0 Å². The average molecular weight is 433 g/mol.